The molecule has 3 fully saturated rings. The molecule has 12 nitrogen and oxygen atoms in total. The van der Waals surface area contributed by atoms with E-state index in [1.807, 2.05) is 0 Å². The van der Waals surface area contributed by atoms with Gasteiger partial charge in [-0.2, -0.15) is 0 Å². The predicted molar refractivity (Wildman–Crippen MR) is 383 cm³/mol. The van der Waals surface area contributed by atoms with Crippen LogP contribution < -0.4 is 0 Å². The van der Waals surface area contributed by atoms with Gasteiger partial charge in [-0.05, 0) is 333 Å². The summed E-state index contributed by atoms with van der Waals surface area (Å²) in [4.78, 5) is 105. The minimum absolute atomic E-state index is 0.0683. The summed E-state index contributed by atoms with van der Waals surface area (Å²) in [7, 11) is 4.33. The molecule has 99 heavy (non-hydrogen) atoms. The molecule has 20 aromatic carbocycles. The van der Waals surface area contributed by atoms with Crippen LogP contribution in [0.5, 0.6) is 0 Å². The summed E-state index contributed by atoms with van der Waals surface area (Å²) < 4.78 is 40.8. The van der Waals surface area contributed by atoms with Crippen LogP contribution in [-0.2, 0) is 89.7 Å². The molecule has 0 bridgehead atoms. The second-order valence-corrected chi connectivity index (χ2v) is 35.4. The number of hydrogen-bond acceptors (Lipinski definition) is 12. The van der Waals surface area contributed by atoms with Crippen LogP contribution in [0.2, 0.25) is 0 Å². The van der Waals surface area contributed by atoms with Crippen LogP contribution in [0.25, 0.3) is 227 Å². The lowest BCUT2D eigenvalue weighted by atomic mass is 9.65. The first-order valence-electron chi connectivity index (χ1n) is 35.3. The fraction of sp³-hybridized carbons (Fsp3) is 0.286. The van der Waals surface area contributed by atoms with Gasteiger partial charge in [0.05, 0.1) is 73.6 Å². The van der Waals surface area contributed by atoms with E-state index in [9.17, 15) is 0 Å². The lowest BCUT2D eigenvalue weighted by Gasteiger charge is -2.35. The van der Waals surface area contributed by atoms with Crippen molar-refractivity contribution in [3.05, 3.63) is 66.8 Å². The highest BCUT2D eigenvalue weighted by atomic mass is 79.9. The lowest BCUT2D eigenvalue weighted by Crippen LogP contribution is -2.39. The number of rotatable bonds is 18. The third-order valence-electron chi connectivity index (χ3n) is 32.8. The van der Waals surface area contributed by atoms with E-state index in [0.29, 0.717) is 35.3 Å². The number of carbonyl (C=O) groups excluding carboxylic acids is 6. The molecule has 9 unspecified atom stereocenters. The Morgan fingerprint density at radius 2 is 0.384 bits per heavy atom. The van der Waals surface area contributed by atoms with Gasteiger partial charge in [-0.3, -0.25) is 28.8 Å². The van der Waals surface area contributed by atoms with Crippen LogP contribution in [0.3, 0.4) is 0 Å². The van der Waals surface area contributed by atoms with Crippen molar-refractivity contribution in [3.8, 4) is 33.4 Å². The molecule has 35 rings (SSSR count). The van der Waals surface area contributed by atoms with Gasteiger partial charge >= 0.3 is 35.8 Å². The van der Waals surface area contributed by atoms with Gasteiger partial charge in [0, 0.05) is 16.0 Å². The van der Waals surface area contributed by atoms with Crippen LogP contribution in [0.1, 0.15) is 105 Å². The standard InChI is InChI=1S/C84H33Br3O12/c1-94-70(88)82(73(91)97-13-7-4-10-85)76-58-40-31-22-16-19-17-21-18-20(16)26-33-24(18)30-36-27(21)32-23(17)28-34(25(19)31)43(58)49-38(28)47-41(32)59-45(36)51-39(30)48-42(33)60-44-35(26)29(22)37-46(40)61(76)52-55-67-56-53(64(49)79(67,76)82)62(47)77(59)81(83(77,71(89)95-2)74(92)98-14-8-5-11-86)66(51)54-57(69(56)81)68(55)80(65(52)50(37)44)78(60,63(48)54)84(80,72(90)96-3)75(93)99-15-9-6-12-87/h4-15H2,1-3H3. The summed E-state index contributed by atoms with van der Waals surface area (Å²) in [5, 5.41) is 44.2. The van der Waals surface area contributed by atoms with E-state index in [1.54, 1.807) is 0 Å². The molecular formula is C84H33Br3O12. The minimum atomic E-state index is -2.10. The maximum atomic E-state index is 17.7. The molecule has 0 radical (unpaired) electrons. The molecule has 0 N–H and O–H groups in total. The maximum absolute atomic E-state index is 17.7. The summed E-state index contributed by atoms with van der Waals surface area (Å²) >= 11 is 11.0. The van der Waals surface area contributed by atoms with Gasteiger partial charge in [0.2, 0.25) is 0 Å². The van der Waals surface area contributed by atoms with Crippen LogP contribution in [0.15, 0.2) is 0 Å². The van der Waals surface area contributed by atoms with E-state index >= 15 is 28.8 Å². The number of esters is 6. The summed E-state index contributed by atoms with van der Waals surface area (Å²) in [6.07, 6.45) is 3.86. The maximum Gasteiger partial charge on any atom is 0.326 e. The number of alkyl halides is 3. The Kier molecular flexibility index (Phi) is 5.61. The van der Waals surface area contributed by atoms with E-state index < -0.39 is 84.6 Å². The first kappa shape index (κ1) is 47.3. The third-order valence-corrected chi connectivity index (χ3v) is 34.5. The molecule has 0 amide bonds. The van der Waals surface area contributed by atoms with Gasteiger partial charge < -0.3 is 28.4 Å². The van der Waals surface area contributed by atoms with Crippen molar-refractivity contribution in [2.24, 2.45) is 16.2 Å². The van der Waals surface area contributed by atoms with E-state index in [0.717, 1.165) is 200 Å². The molecular weight excluding hydrogens is 1440 g/mol. The zero-order chi connectivity index (χ0) is 63.9. The molecule has 0 aliphatic heterocycles. The van der Waals surface area contributed by atoms with Crippen LogP contribution in [0, 0.1) is 16.2 Å². The highest BCUT2D eigenvalue weighted by Crippen LogP contribution is 3.07. The zero-order valence-corrected chi connectivity index (χ0v) is 56.8. The van der Waals surface area contributed by atoms with Gasteiger partial charge in [0.25, 0.3) is 0 Å². The van der Waals surface area contributed by atoms with Gasteiger partial charge in [0.15, 0.2) is 16.2 Å². The summed E-state index contributed by atoms with van der Waals surface area (Å²) in [5.41, 5.74) is 0.586. The van der Waals surface area contributed by atoms with Gasteiger partial charge in [-0.1, -0.05) is 47.8 Å². The van der Waals surface area contributed by atoms with Crippen molar-refractivity contribution in [3.63, 3.8) is 0 Å². The summed E-state index contributed by atoms with van der Waals surface area (Å²) in [6.45, 7) is 0.205. The Balaban J connectivity index is 0.951. The second-order valence-electron chi connectivity index (χ2n) is 33.1. The Hall–Kier alpha value is -8.76. The Labute approximate surface area is 575 Å². The Morgan fingerprint density at radius 1 is 0.222 bits per heavy atom. The number of carbonyl (C=O) groups is 6. The van der Waals surface area contributed by atoms with Crippen LogP contribution in [0.4, 0.5) is 0 Å². The number of benzene rings is 14. The largest absolute Gasteiger partial charge is 0.468 e. The van der Waals surface area contributed by atoms with Crippen molar-refractivity contribution in [2.75, 3.05) is 57.1 Å². The first-order valence-corrected chi connectivity index (χ1v) is 38.7. The number of ether oxygens (including phenoxy) is 6. The van der Waals surface area contributed by atoms with Gasteiger partial charge in [0.1, 0.15) is 0 Å². The zero-order valence-electron chi connectivity index (χ0n) is 52.0. The van der Waals surface area contributed by atoms with Crippen LogP contribution in [-0.4, -0.2) is 93.0 Å². The number of unbranched alkanes of at least 4 members (excludes halogenated alkanes) is 3. The first-order chi connectivity index (χ1) is 48.6. The molecule has 20 aromatic rings. The quantitative estimate of drug-likeness (QED) is 0.0200. The van der Waals surface area contributed by atoms with Crippen molar-refractivity contribution in [2.45, 2.75) is 71.0 Å². The summed E-state index contributed by atoms with van der Waals surface area (Å²) in [6, 6.07) is 0. The molecule has 0 heterocycles. The highest BCUT2D eigenvalue weighted by molar-refractivity contribution is 9.09. The number of methoxy groups -OCH3 is 3. The van der Waals surface area contributed by atoms with Crippen molar-refractivity contribution < 1.29 is 57.2 Å². The molecule has 0 saturated heterocycles. The molecule has 9 atom stereocenters. The normalized spacial score (nSPS) is 30.6. The molecule has 3 saturated carbocycles. The fourth-order valence-electron chi connectivity index (χ4n) is 32.6. The number of hydrogen-bond donors (Lipinski definition) is 0. The minimum Gasteiger partial charge on any atom is -0.468 e. The Morgan fingerprint density at radius 3 is 0.576 bits per heavy atom. The molecule has 15 aliphatic carbocycles. The lowest BCUT2D eigenvalue weighted by molar-refractivity contribution is -0.166. The fourth-order valence-corrected chi connectivity index (χ4v) is 33.8. The van der Waals surface area contributed by atoms with E-state index in [4.69, 9.17) is 28.4 Å². The predicted octanol–water partition coefficient (Wildman–Crippen LogP) is 16.0. The van der Waals surface area contributed by atoms with Crippen LogP contribution >= 0.6 is 47.8 Å². The second kappa shape index (κ2) is 11.7. The molecule has 15 aliphatic rings. The summed E-state index contributed by atoms with van der Waals surface area (Å²) in [5.74, 6) is -3.83. The van der Waals surface area contributed by atoms with E-state index in [-0.39, 0.29) is 19.8 Å². The van der Waals surface area contributed by atoms with Crippen molar-refractivity contribution >= 4 is 278 Å². The van der Waals surface area contributed by atoms with Gasteiger partial charge in [-0.25, -0.2) is 0 Å². The van der Waals surface area contributed by atoms with E-state index in [1.165, 1.54) is 134 Å². The number of halogens is 3. The highest BCUT2D eigenvalue weighted by Gasteiger charge is 3.10. The average Bonchev–Trinajstić information content (AvgIpc) is 1.34. The monoisotopic (exact) mass is 1470 g/mol. The SMILES string of the molecule is COC(=O)C1(C(=O)OCCCCBr)C23c4c5c6c7c8c4-c4c2c2c9c%10c%11c%12c(c-5c5c%13c%14c%15c%16c%17c(c-7c7c%18c%19c%20c%21c(c4C%204C(C(=O)OC)(C(=O)OCCCCBr)C874)c2c2c9c4c%11c7c(c%13%12)c%14c8c%16c9c(c%18%17)c%19c%11c%21c2c2c4c7c8c9c%112)C%152C(C(=O)OC)(C(=O)OCCCCBr)C652)C%1013. The molecule has 6 spiro atoms. The third kappa shape index (κ3) is 2.74. The van der Waals surface area contributed by atoms with Crippen molar-refractivity contribution in [1.82, 2.24) is 0 Å². The van der Waals surface area contributed by atoms with Gasteiger partial charge in [-0.15, -0.1) is 0 Å². The molecule has 15 heteroatoms. The smallest absolute Gasteiger partial charge is 0.326 e. The average molecular weight is 1470 g/mol. The van der Waals surface area contributed by atoms with E-state index in [2.05, 4.69) is 47.8 Å². The molecule has 462 valence electrons. The van der Waals surface area contributed by atoms with Crippen molar-refractivity contribution in [1.29, 1.82) is 0 Å². The Bertz CT molecular complexity index is 7320. The topological polar surface area (TPSA) is 158 Å². The molecule has 0 aromatic heterocycles.